The molecule has 3 heteroatoms. The van der Waals surface area contributed by atoms with Gasteiger partial charge >= 0.3 is 0 Å². The largest absolute Gasteiger partial charge is 1.00 e. The second-order valence-corrected chi connectivity index (χ2v) is 5.08. The summed E-state index contributed by atoms with van der Waals surface area (Å²) in [5, 5.41) is 10.1. The van der Waals surface area contributed by atoms with Crippen LogP contribution in [-0.2, 0) is 0 Å². The summed E-state index contributed by atoms with van der Waals surface area (Å²) in [6, 6.07) is 0. The van der Waals surface area contributed by atoms with Gasteiger partial charge in [-0.1, -0.05) is 40.0 Å². The topological polar surface area (TPSA) is 20.2 Å². The molecular formula is C14H32BrNO. The van der Waals surface area contributed by atoms with E-state index < -0.39 is 0 Å². The molecule has 0 heterocycles. The van der Waals surface area contributed by atoms with E-state index in [0.717, 1.165) is 24.1 Å². The molecule has 17 heavy (non-hydrogen) atoms. The molecule has 0 spiro atoms. The molecule has 0 aromatic carbocycles. The summed E-state index contributed by atoms with van der Waals surface area (Å²) in [6.07, 6.45) is 7.18. The van der Waals surface area contributed by atoms with Crippen molar-refractivity contribution in [3.63, 3.8) is 0 Å². The van der Waals surface area contributed by atoms with Gasteiger partial charge in [-0.15, -0.1) is 0 Å². The first-order chi connectivity index (χ1) is 7.63. The van der Waals surface area contributed by atoms with Crippen LogP contribution in [0.5, 0.6) is 0 Å². The van der Waals surface area contributed by atoms with Gasteiger partial charge in [0, 0.05) is 6.92 Å². The monoisotopic (exact) mass is 309 g/mol. The number of halogens is 1. The number of rotatable bonds is 10. The van der Waals surface area contributed by atoms with E-state index in [1.807, 2.05) is 6.92 Å². The van der Waals surface area contributed by atoms with E-state index >= 15 is 0 Å². The highest BCUT2D eigenvalue weighted by Gasteiger charge is 2.30. The summed E-state index contributed by atoms with van der Waals surface area (Å²) in [6.45, 7) is 12.1. The van der Waals surface area contributed by atoms with Crippen molar-refractivity contribution in [2.75, 3.05) is 19.6 Å². The Kier molecular flexibility index (Phi) is 13.3. The number of hydrogen-bond acceptors (Lipinski definition) is 1. The molecule has 0 aliphatic carbocycles. The van der Waals surface area contributed by atoms with Gasteiger partial charge in [0.2, 0.25) is 0 Å². The minimum atomic E-state index is -0.204. The minimum absolute atomic E-state index is 0. The molecule has 0 saturated heterocycles. The summed E-state index contributed by atoms with van der Waals surface area (Å²) in [4.78, 5) is 0. The molecule has 1 N–H and O–H groups in total. The molecule has 0 aromatic rings. The first kappa shape index (κ1) is 19.7. The van der Waals surface area contributed by atoms with Gasteiger partial charge in [-0.05, 0) is 19.3 Å². The van der Waals surface area contributed by atoms with Crippen LogP contribution in [0.4, 0.5) is 0 Å². The number of unbranched alkanes of at least 4 members (excludes halogenated alkanes) is 3. The van der Waals surface area contributed by atoms with Crippen molar-refractivity contribution >= 4 is 0 Å². The Hall–Kier alpha value is 0.400. The lowest BCUT2D eigenvalue weighted by Gasteiger charge is -2.41. The second-order valence-electron chi connectivity index (χ2n) is 5.08. The maximum Gasteiger partial charge on any atom is 0.187 e. The van der Waals surface area contributed by atoms with E-state index in [2.05, 4.69) is 20.8 Å². The zero-order valence-corrected chi connectivity index (χ0v) is 13.8. The fourth-order valence-corrected chi connectivity index (χ4v) is 2.31. The Bertz CT molecular complexity index is 141. The minimum Gasteiger partial charge on any atom is -1.00 e. The molecule has 2 nitrogen and oxygen atoms in total. The van der Waals surface area contributed by atoms with Gasteiger partial charge in [0.1, 0.15) is 0 Å². The standard InChI is InChI=1S/C14H32NO.BrH/c1-5-8-11-15(14(4)16,12-9-6-2)13-10-7-3;/h14,16H,5-13H2,1-4H3;1H/q+1;/p-1. The normalized spacial score (nSPS) is 13.2. The predicted molar refractivity (Wildman–Crippen MR) is 71.3 cm³/mol. The van der Waals surface area contributed by atoms with Crippen LogP contribution in [-0.4, -0.2) is 35.5 Å². The van der Waals surface area contributed by atoms with Gasteiger partial charge in [-0.2, -0.15) is 0 Å². The van der Waals surface area contributed by atoms with Crippen molar-refractivity contribution in [2.45, 2.75) is 72.4 Å². The maximum atomic E-state index is 10.1. The van der Waals surface area contributed by atoms with Crippen LogP contribution < -0.4 is 17.0 Å². The van der Waals surface area contributed by atoms with Crippen molar-refractivity contribution in [1.82, 2.24) is 0 Å². The predicted octanol–water partition coefficient (Wildman–Crippen LogP) is 0.546. The molecule has 0 radical (unpaired) electrons. The fourth-order valence-electron chi connectivity index (χ4n) is 2.31. The van der Waals surface area contributed by atoms with Gasteiger partial charge in [-0.3, -0.25) is 4.48 Å². The number of aliphatic hydroxyl groups excluding tert-OH is 1. The van der Waals surface area contributed by atoms with Crippen LogP contribution in [0.15, 0.2) is 0 Å². The van der Waals surface area contributed by atoms with Gasteiger partial charge < -0.3 is 22.1 Å². The summed E-state index contributed by atoms with van der Waals surface area (Å²) in [5.74, 6) is 0. The lowest BCUT2D eigenvalue weighted by molar-refractivity contribution is -0.969. The molecule has 0 fully saturated rings. The van der Waals surface area contributed by atoms with E-state index in [0.29, 0.717) is 0 Å². The maximum absolute atomic E-state index is 10.1. The molecule has 0 bridgehead atoms. The van der Waals surface area contributed by atoms with E-state index in [9.17, 15) is 5.11 Å². The first-order valence-electron chi connectivity index (χ1n) is 7.16. The molecule has 1 atom stereocenters. The average Bonchev–Trinajstić information content (AvgIpc) is 2.28. The van der Waals surface area contributed by atoms with Crippen LogP contribution in [0.2, 0.25) is 0 Å². The summed E-state index contributed by atoms with van der Waals surface area (Å²) >= 11 is 0. The van der Waals surface area contributed by atoms with Crippen LogP contribution >= 0.6 is 0 Å². The van der Waals surface area contributed by atoms with Crippen molar-refractivity contribution in [1.29, 1.82) is 0 Å². The summed E-state index contributed by atoms with van der Waals surface area (Å²) in [5.41, 5.74) is 0. The van der Waals surface area contributed by atoms with Crippen molar-refractivity contribution < 1.29 is 26.6 Å². The van der Waals surface area contributed by atoms with Crippen molar-refractivity contribution in [3.8, 4) is 0 Å². The first-order valence-corrected chi connectivity index (χ1v) is 7.16. The van der Waals surface area contributed by atoms with Crippen LogP contribution in [0.1, 0.15) is 66.2 Å². The number of nitrogens with zero attached hydrogens (tertiary/aromatic N) is 1. The van der Waals surface area contributed by atoms with Gasteiger partial charge in [0.25, 0.3) is 0 Å². The second kappa shape index (κ2) is 11.5. The van der Waals surface area contributed by atoms with Gasteiger partial charge in [0.05, 0.1) is 19.6 Å². The third-order valence-corrected chi connectivity index (χ3v) is 3.66. The average molecular weight is 310 g/mol. The molecule has 0 rings (SSSR count). The Labute approximate surface area is 119 Å². The van der Waals surface area contributed by atoms with E-state index in [1.54, 1.807) is 0 Å². The Morgan fingerprint density at radius 3 is 1.29 bits per heavy atom. The molecule has 0 aliphatic heterocycles. The quantitative estimate of drug-likeness (QED) is 0.461. The summed E-state index contributed by atoms with van der Waals surface area (Å²) < 4.78 is 0.926. The Morgan fingerprint density at radius 2 is 1.12 bits per heavy atom. The Balaban J connectivity index is 0. The molecule has 0 aliphatic rings. The molecule has 0 saturated carbocycles. The number of aliphatic hydroxyl groups is 1. The van der Waals surface area contributed by atoms with Crippen molar-refractivity contribution in [2.24, 2.45) is 0 Å². The van der Waals surface area contributed by atoms with Crippen LogP contribution in [0.3, 0.4) is 0 Å². The van der Waals surface area contributed by atoms with Gasteiger partial charge in [-0.25, -0.2) is 0 Å². The van der Waals surface area contributed by atoms with E-state index in [-0.39, 0.29) is 23.2 Å². The van der Waals surface area contributed by atoms with Crippen LogP contribution in [0.25, 0.3) is 0 Å². The summed E-state index contributed by atoms with van der Waals surface area (Å²) in [7, 11) is 0. The molecule has 0 amide bonds. The SMILES string of the molecule is CCCC[N+](CCCC)(CCCC)C(C)O.[Br-]. The Morgan fingerprint density at radius 1 is 0.824 bits per heavy atom. The third kappa shape index (κ3) is 7.43. The highest BCUT2D eigenvalue weighted by atomic mass is 79.9. The number of hydrogen-bond donors (Lipinski definition) is 1. The van der Waals surface area contributed by atoms with E-state index in [4.69, 9.17) is 0 Å². The van der Waals surface area contributed by atoms with Crippen molar-refractivity contribution in [3.05, 3.63) is 0 Å². The zero-order valence-electron chi connectivity index (χ0n) is 12.2. The molecular weight excluding hydrogens is 278 g/mol. The van der Waals surface area contributed by atoms with Gasteiger partial charge in [0.15, 0.2) is 6.23 Å². The number of quaternary nitrogens is 1. The lowest BCUT2D eigenvalue weighted by atomic mass is 10.1. The highest BCUT2D eigenvalue weighted by molar-refractivity contribution is 4.48. The molecule has 1 unspecified atom stereocenters. The molecule has 106 valence electrons. The lowest BCUT2D eigenvalue weighted by Crippen LogP contribution is -3.00. The smallest absolute Gasteiger partial charge is 0.187 e. The molecule has 0 aromatic heterocycles. The highest BCUT2D eigenvalue weighted by Crippen LogP contribution is 2.18. The fraction of sp³-hybridized carbons (Fsp3) is 1.00. The van der Waals surface area contributed by atoms with E-state index in [1.165, 1.54) is 38.5 Å². The third-order valence-electron chi connectivity index (χ3n) is 3.66. The zero-order chi connectivity index (χ0) is 12.4. The van der Waals surface area contributed by atoms with Crippen LogP contribution in [0, 0.1) is 0 Å².